The highest BCUT2D eigenvalue weighted by molar-refractivity contribution is 7.89. The van der Waals surface area contributed by atoms with Crippen molar-refractivity contribution in [3.05, 3.63) is 64.7 Å². The average molecular weight is 438 g/mol. The highest BCUT2D eigenvalue weighted by Crippen LogP contribution is 2.20. The zero-order valence-electron chi connectivity index (χ0n) is 17.0. The Morgan fingerprint density at radius 1 is 1.14 bits per heavy atom. The molecule has 0 aromatic heterocycles. The summed E-state index contributed by atoms with van der Waals surface area (Å²) in [6.07, 6.45) is 0.763. The van der Waals surface area contributed by atoms with Crippen molar-refractivity contribution in [2.75, 3.05) is 20.1 Å². The van der Waals surface area contributed by atoms with Crippen molar-refractivity contribution < 1.29 is 13.2 Å². The van der Waals surface area contributed by atoms with Crippen molar-refractivity contribution >= 4 is 27.5 Å². The van der Waals surface area contributed by atoms with Crippen molar-refractivity contribution in [1.29, 1.82) is 0 Å². The van der Waals surface area contributed by atoms with Crippen LogP contribution < -0.4 is 10.0 Å². The maximum absolute atomic E-state index is 12.5. The Morgan fingerprint density at radius 3 is 2.48 bits per heavy atom. The zero-order chi connectivity index (χ0) is 21.4. The molecule has 1 amide bonds. The largest absolute Gasteiger partial charge is 0.352 e. The first-order valence-corrected chi connectivity index (χ1v) is 11.4. The molecule has 2 N–H and O–H groups in total. The number of hydrogen-bond donors (Lipinski definition) is 2. The molecule has 29 heavy (non-hydrogen) atoms. The molecule has 0 saturated carbocycles. The molecule has 8 heteroatoms. The first kappa shape index (κ1) is 23.3. The number of nitrogens with zero attached hydrogens (tertiary/aromatic N) is 1. The van der Waals surface area contributed by atoms with E-state index in [-0.39, 0.29) is 27.4 Å². The second-order valence-corrected chi connectivity index (χ2v) is 9.37. The van der Waals surface area contributed by atoms with Crippen LogP contribution in [0.25, 0.3) is 0 Å². The molecule has 0 bridgehead atoms. The van der Waals surface area contributed by atoms with Gasteiger partial charge < -0.3 is 10.2 Å². The van der Waals surface area contributed by atoms with E-state index in [1.165, 1.54) is 23.8 Å². The summed E-state index contributed by atoms with van der Waals surface area (Å²) in [6, 6.07) is 14.1. The minimum Gasteiger partial charge on any atom is -0.352 e. The molecule has 158 valence electrons. The van der Waals surface area contributed by atoms with Crippen molar-refractivity contribution in [2.45, 2.75) is 37.8 Å². The summed E-state index contributed by atoms with van der Waals surface area (Å²) in [6.45, 7) is 5.58. The van der Waals surface area contributed by atoms with Gasteiger partial charge in [0.2, 0.25) is 10.0 Å². The van der Waals surface area contributed by atoms with Crippen LogP contribution in [0.15, 0.2) is 53.4 Å². The Balaban J connectivity index is 1.89. The first-order valence-electron chi connectivity index (χ1n) is 9.51. The van der Waals surface area contributed by atoms with E-state index >= 15 is 0 Å². The Morgan fingerprint density at radius 2 is 1.83 bits per heavy atom. The predicted octanol–water partition coefficient (Wildman–Crippen LogP) is 3.28. The lowest BCUT2D eigenvalue weighted by Crippen LogP contribution is -2.31. The maximum atomic E-state index is 12.5. The highest BCUT2D eigenvalue weighted by atomic mass is 35.5. The lowest BCUT2D eigenvalue weighted by molar-refractivity contribution is 0.0952. The molecular weight excluding hydrogens is 410 g/mol. The van der Waals surface area contributed by atoms with Crippen molar-refractivity contribution in [1.82, 2.24) is 14.9 Å². The van der Waals surface area contributed by atoms with Gasteiger partial charge in [-0.1, -0.05) is 41.9 Å². The fourth-order valence-electron chi connectivity index (χ4n) is 2.84. The van der Waals surface area contributed by atoms with Crippen molar-refractivity contribution in [3.63, 3.8) is 0 Å². The molecule has 2 aromatic rings. The molecule has 6 nitrogen and oxygen atoms in total. The van der Waals surface area contributed by atoms with Gasteiger partial charge in [-0.05, 0) is 57.6 Å². The zero-order valence-corrected chi connectivity index (χ0v) is 18.6. The number of rotatable bonds is 10. The third kappa shape index (κ3) is 7.44. The van der Waals surface area contributed by atoms with Crippen LogP contribution in [0, 0.1) is 0 Å². The lowest BCUT2D eigenvalue weighted by Gasteiger charge is -2.17. The molecule has 0 heterocycles. The predicted molar refractivity (Wildman–Crippen MR) is 117 cm³/mol. The number of amides is 1. The molecule has 0 atom stereocenters. The summed E-state index contributed by atoms with van der Waals surface area (Å²) in [7, 11) is -1.66. The molecule has 0 aliphatic heterocycles. The Hall–Kier alpha value is -1.93. The van der Waals surface area contributed by atoms with Crippen LogP contribution in [0.1, 0.15) is 36.2 Å². The van der Waals surface area contributed by atoms with E-state index in [1.807, 2.05) is 25.2 Å². The highest BCUT2D eigenvalue weighted by Gasteiger charge is 2.19. The summed E-state index contributed by atoms with van der Waals surface area (Å²) in [5.41, 5.74) is 1.38. The van der Waals surface area contributed by atoms with E-state index in [2.05, 4.69) is 27.1 Å². The minimum absolute atomic E-state index is 0.0170. The molecule has 2 rings (SSSR count). The molecule has 2 aromatic carbocycles. The van der Waals surface area contributed by atoms with Gasteiger partial charge in [0.05, 0.1) is 15.5 Å². The first-order chi connectivity index (χ1) is 13.7. The summed E-state index contributed by atoms with van der Waals surface area (Å²) in [5.74, 6) is -0.387. The van der Waals surface area contributed by atoms with Crippen molar-refractivity contribution in [3.8, 4) is 0 Å². The van der Waals surface area contributed by atoms with Gasteiger partial charge in [-0.15, -0.1) is 0 Å². The second-order valence-electron chi connectivity index (χ2n) is 7.25. The third-order valence-corrected chi connectivity index (χ3v) is 6.17. The van der Waals surface area contributed by atoms with Gasteiger partial charge in [-0.25, -0.2) is 13.1 Å². The Kier molecular flexibility index (Phi) is 8.64. The number of sulfonamides is 1. The van der Waals surface area contributed by atoms with Gasteiger partial charge in [0.25, 0.3) is 5.91 Å². The number of nitrogens with one attached hydrogen (secondary N) is 2. The average Bonchev–Trinajstić information content (AvgIpc) is 2.65. The second kappa shape index (κ2) is 10.7. The Bertz CT molecular complexity index is 918. The summed E-state index contributed by atoms with van der Waals surface area (Å²) < 4.78 is 27.1. The van der Waals surface area contributed by atoms with Crippen molar-refractivity contribution in [2.24, 2.45) is 0 Å². The number of carbonyl (C=O) groups excluding carboxylic acids is 1. The smallest absolute Gasteiger partial charge is 0.252 e. The van der Waals surface area contributed by atoms with E-state index < -0.39 is 10.0 Å². The van der Waals surface area contributed by atoms with Crippen LogP contribution in [0.2, 0.25) is 5.02 Å². The van der Waals surface area contributed by atoms with Crippen LogP contribution in [0.5, 0.6) is 0 Å². The number of carbonyl (C=O) groups is 1. The minimum atomic E-state index is -3.69. The molecule has 0 unspecified atom stereocenters. The van der Waals surface area contributed by atoms with Crippen LogP contribution in [-0.2, 0) is 16.6 Å². The quantitative estimate of drug-likeness (QED) is 0.559. The number of halogens is 1. The topological polar surface area (TPSA) is 78.5 Å². The number of benzene rings is 2. The van der Waals surface area contributed by atoms with Crippen LogP contribution in [0.4, 0.5) is 0 Å². The SMILES string of the molecule is CC(C)NS(=O)(=O)c1ccc(Cl)c(C(=O)NCCCN(C)Cc2ccccc2)c1. The normalized spacial score (nSPS) is 11.8. The lowest BCUT2D eigenvalue weighted by atomic mass is 10.2. The van der Waals surface area contributed by atoms with Gasteiger partial charge in [0, 0.05) is 19.1 Å². The van der Waals surface area contributed by atoms with E-state index in [9.17, 15) is 13.2 Å². The Labute approximate surface area is 178 Å². The van der Waals surface area contributed by atoms with Crippen LogP contribution in [-0.4, -0.2) is 45.4 Å². The third-order valence-electron chi connectivity index (χ3n) is 4.18. The monoisotopic (exact) mass is 437 g/mol. The summed E-state index contributed by atoms with van der Waals surface area (Å²) in [5, 5.41) is 3.03. The standard InChI is InChI=1S/C21H28ClN3O3S/c1-16(2)24-29(27,28)18-10-11-20(22)19(14-18)21(26)23-12-7-13-25(3)15-17-8-5-4-6-9-17/h4-6,8-11,14,16,24H,7,12-13,15H2,1-3H3,(H,23,26). The van der Waals surface area contributed by atoms with Crippen LogP contribution >= 0.6 is 11.6 Å². The molecule has 0 spiro atoms. The van der Waals surface area contributed by atoms with Gasteiger partial charge in [-0.2, -0.15) is 0 Å². The van der Waals surface area contributed by atoms with E-state index in [4.69, 9.17) is 11.6 Å². The molecule has 0 saturated heterocycles. The molecule has 0 aliphatic carbocycles. The van der Waals surface area contributed by atoms with E-state index in [0.717, 1.165) is 19.5 Å². The molecule has 0 radical (unpaired) electrons. The summed E-state index contributed by atoms with van der Waals surface area (Å²) >= 11 is 6.12. The van der Waals surface area contributed by atoms with Gasteiger partial charge in [0.15, 0.2) is 0 Å². The maximum Gasteiger partial charge on any atom is 0.252 e. The summed E-state index contributed by atoms with van der Waals surface area (Å²) in [4.78, 5) is 14.7. The molecule has 0 fully saturated rings. The van der Waals surface area contributed by atoms with E-state index in [0.29, 0.717) is 6.54 Å². The van der Waals surface area contributed by atoms with E-state index in [1.54, 1.807) is 13.8 Å². The molecular formula is C21H28ClN3O3S. The fourth-order valence-corrected chi connectivity index (χ4v) is 4.32. The van der Waals surface area contributed by atoms with Gasteiger partial charge in [-0.3, -0.25) is 4.79 Å². The van der Waals surface area contributed by atoms with Crippen LogP contribution in [0.3, 0.4) is 0 Å². The van der Waals surface area contributed by atoms with Gasteiger partial charge >= 0.3 is 0 Å². The number of hydrogen-bond acceptors (Lipinski definition) is 4. The fraction of sp³-hybridized carbons (Fsp3) is 0.381. The molecule has 0 aliphatic rings. The van der Waals surface area contributed by atoms with Gasteiger partial charge in [0.1, 0.15) is 0 Å².